The van der Waals surface area contributed by atoms with Crippen molar-refractivity contribution in [1.29, 1.82) is 0 Å². The van der Waals surface area contributed by atoms with Crippen molar-refractivity contribution < 1.29 is 9.18 Å². The molecule has 0 atom stereocenters. The van der Waals surface area contributed by atoms with Gasteiger partial charge in [0.1, 0.15) is 5.82 Å². The van der Waals surface area contributed by atoms with E-state index >= 15 is 0 Å². The Morgan fingerprint density at radius 3 is 2.61 bits per heavy atom. The van der Waals surface area contributed by atoms with Crippen LogP contribution in [0, 0.1) is 5.82 Å². The molecule has 1 amide bonds. The first-order valence-corrected chi connectivity index (χ1v) is 10.3. The van der Waals surface area contributed by atoms with Crippen molar-refractivity contribution in [2.75, 3.05) is 46.3 Å². The molecule has 2 aliphatic carbocycles. The van der Waals surface area contributed by atoms with E-state index in [4.69, 9.17) is 0 Å². The molecule has 0 aromatic heterocycles. The Bertz CT molecular complexity index is 736. The fourth-order valence-corrected chi connectivity index (χ4v) is 3.94. The molecule has 0 bridgehead atoms. The van der Waals surface area contributed by atoms with Gasteiger partial charge in [0, 0.05) is 51.2 Å². The molecule has 1 saturated heterocycles. The first kappa shape index (κ1) is 19.2. The van der Waals surface area contributed by atoms with Crippen LogP contribution in [0.5, 0.6) is 0 Å². The van der Waals surface area contributed by atoms with E-state index in [-0.39, 0.29) is 17.1 Å². The van der Waals surface area contributed by atoms with Crippen LogP contribution < -0.4 is 10.6 Å². The van der Waals surface area contributed by atoms with Crippen LogP contribution in [-0.2, 0) is 10.2 Å². The number of piperazine rings is 1. The topological polar surface area (TPSA) is 60.0 Å². The third-order valence-electron chi connectivity index (χ3n) is 6.07. The monoisotopic (exact) mass is 387 g/mol. The molecule has 1 aromatic carbocycles. The van der Waals surface area contributed by atoms with Gasteiger partial charge in [-0.3, -0.25) is 14.7 Å². The minimum absolute atomic E-state index is 0.0285. The number of nitrogens with zero attached hydrogens (tertiary/aromatic N) is 3. The number of benzene rings is 1. The maximum Gasteiger partial charge on any atom is 0.234 e. The van der Waals surface area contributed by atoms with E-state index in [1.165, 1.54) is 6.07 Å². The average molecular weight is 388 g/mol. The smallest absolute Gasteiger partial charge is 0.234 e. The van der Waals surface area contributed by atoms with E-state index in [9.17, 15) is 9.18 Å². The average Bonchev–Trinajstić information content (AvgIpc) is 3.60. The third kappa shape index (κ3) is 4.63. The molecule has 4 rings (SSSR count). The fourth-order valence-electron chi connectivity index (χ4n) is 3.94. The van der Waals surface area contributed by atoms with Gasteiger partial charge in [-0.25, -0.2) is 4.39 Å². The Hall–Kier alpha value is -2.15. The number of amides is 1. The van der Waals surface area contributed by atoms with E-state index in [1.54, 1.807) is 19.2 Å². The van der Waals surface area contributed by atoms with Gasteiger partial charge in [-0.15, -0.1) is 0 Å². The van der Waals surface area contributed by atoms with Gasteiger partial charge in [-0.2, -0.15) is 0 Å². The summed E-state index contributed by atoms with van der Waals surface area (Å²) in [5.74, 6) is 0.865. The predicted octanol–water partition coefficient (Wildman–Crippen LogP) is 1.33. The zero-order chi connectivity index (χ0) is 19.6. The van der Waals surface area contributed by atoms with Gasteiger partial charge >= 0.3 is 0 Å². The molecule has 2 N–H and O–H groups in total. The van der Waals surface area contributed by atoms with Crippen LogP contribution in [0.25, 0.3) is 0 Å². The zero-order valence-electron chi connectivity index (χ0n) is 16.6. The van der Waals surface area contributed by atoms with Gasteiger partial charge in [-0.1, -0.05) is 12.1 Å². The third-order valence-corrected chi connectivity index (χ3v) is 6.07. The van der Waals surface area contributed by atoms with E-state index < -0.39 is 0 Å². The van der Waals surface area contributed by atoms with Gasteiger partial charge in [0.2, 0.25) is 5.91 Å². The van der Waals surface area contributed by atoms with Gasteiger partial charge < -0.3 is 15.5 Å². The van der Waals surface area contributed by atoms with Crippen LogP contribution in [0.4, 0.5) is 4.39 Å². The summed E-state index contributed by atoms with van der Waals surface area (Å²) in [6.07, 6.45) is 4.39. The maximum absolute atomic E-state index is 13.6. The van der Waals surface area contributed by atoms with Crippen molar-refractivity contribution in [3.63, 3.8) is 0 Å². The number of rotatable bonds is 6. The van der Waals surface area contributed by atoms with Gasteiger partial charge in [0.05, 0.1) is 6.54 Å². The molecule has 7 heteroatoms. The number of nitrogens with one attached hydrogen (secondary N) is 2. The summed E-state index contributed by atoms with van der Waals surface area (Å²) in [5.41, 5.74) is 1.10. The maximum atomic E-state index is 13.6. The Kier molecular flexibility index (Phi) is 5.53. The Labute approximate surface area is 166 Å². The minimum Gasteiger partial charge on any atom is -0.355 e. The molecule has 3 aliphatic rings. The van der Waals surface area contributed by atoms with Crippen LogP contribution in [0.1, 0.15) is 31.2 Å². The number of carbonyl (C=O) groups excluding carboxylic acids is 1. The van der Waals surface area contributed by atoms with Crippen molar-refractivity contribution in [3.8, 4) is 0 Å². The molecule has 1 aromatic rings. The van der Waals surface area contributed by atoms with E-state index in [0.717, 1.165) is 69.9 Å². The Balaban J connectivity index is 1.25. The number of aliphatic imine (C=N–C) groups is 1. The minimum atomic E-state index is -0.171. The lowest BCUT2D eigenvalue weighted by Crippen LogP contribution is -2.54. The zero-order valence-corrected chi connectivity index (χ0v) is 16.6. The van der Waals surface area contributed by atoms with E-state index in [1.807, 2.05) is 6.07 Å². The second-order valence-electron chi connectivity index (χ2n) is 8.30. The summed E-state index contributed by atoms with van der Waals surface area (Å²) in [6.45, 7) is 4.67. The van der Waals surface area contributed by atoms with Crippen LogP contribution in [0.15, 0.2) is 29.3 Å². The van der Waals surface area contributed by atoms with Crippen molar-refractivity contribution >= 4 is 11.9 Å². The second-order valence-corrected chi connectivity index (χ2v) is 8.30. The van der Waals surface area contributed by atoms with Gasteiger partial charge in [0.25, 0.3) is 0 Å². The molecule has 1 heterocycles. The van der Waals surface area contributed by atoms with Crippen molar-refractivity contribution in [2.24, 2.45) is 4.99 Å². The molecule has 152 valence electrons. The molecule has 0 spiro atoms. The first-order chi connectivity index (χ1) is 13.6. The molecular weight excluding hydrogens is 357 g/mol. The lowest BCUT2D eigenvalue weighted by atomic mass is 9.96. The Morgan fingerprint density at radius 2 is 2.00 bits per heavy atom. The normalized spacial score (nSPS) is 22.1. The number of guanidine groups is 1. The number of carbonyl (C=O) groups is 1. The molecule has 28 heavy (non-hydrogen) atoms. The van der Waals surface area contributed by atoms with Crippen molar-refractivity contribution in [1.82, 2.24) is 20.4 Å². The summed E-state index contributed by atoms with van der Waals surface area (Å²) in [6, 6.07) is 7.38. The summed E-state index contributed by atoms with van der Waals surface area (Å²) in [4.78, 5) is 20.9. The lowest BCUT2D eigenvalue weighted by molar-refractivity contribution is -0.122. The van der Waals surface area contributed by atoms with Crippen LogP contribution in [0.3, 0.4) is 0 Å². The summed E-state index contributed by atoms with van der Waals surface area (Å²) in [7, 11) is 1.81. The summed E-state index contributed by atoms with van der Waals surface area (Å²) < 4.78 is 13.6. The highest BCUT2D eigenvalue weighted by Gasteiger charge is 2.44. The number of hydrogen-bond donors (Lipinski definition) is 2. The number of hydrogen-bond acceptors (Lipinski definition) is 3. The quantitative estimate of drug-likeness (QED) is 0.571. The molecule has 1 aliphatic heterocycles. The predicted molar refractivity (Wildman–Crippen MR) is 108 cm³/mol. The molecule has 3 fully saturated rings. The van der Waals surface area contributed by atoms with Gasteiger partial charge in [0.15, 0.2) is 5.96 Å². The molecule has 0 radical (unpaired) electrons. The standard InChI is InChI=1S/C21H30FN5O/c1-23-20(24-15-21(7-8-21)16-3-2-4-17(22)13-16)27-11-9-26(10-12-27)14-19(28)25-18-5-6-18/h2-4,13,18H,5-12,14-15H2,1H3,(H,23,24)(H,25,28). The lowest BCUT2D eigenvalue weighted by Gasteiger charge is -2.36. The SMILES string of the molecule is CN=C(NCC1(c2cccc(F)c2)CC1)N1CCN(CC(=O)NC2CC2)CC1. The van der Waals surface area contributed by atoms with Gasteiger partial charge in [-0.05, 0) is 43.4 Å². The summed E-state index contributed by atoms with van der Waals surface area (Å²) in [5, 5.41) is 6.56. The van der Waals surface area contributed by atoms with Crippen molar-refractivity contribution in [3.05, 3.63) is 35.6 Å². The largest absolute Gasteiger partial charge is 0.355 e. The fraction of sp³-hybridized carbons (Fsp3) is 0.619. The second kappa shape index (κ2) is 8.07. The highest BCUT2D eigenvalue weighted by molar-refractivity contribution is 5.80. The van der Waals surface area contributed by atoms with Crippen LogP contribution >= 0.6 is 0 Å². The van der Waals surface area contributed by atoms with E-state index in [0.29, 0.717) is 12.6 Å². The highest BCUT2D eigenvalue weighted by atomic mass is 19.1. The first-order valence-electron chi connectivity index (χ1n) is 10.3. The highest BCUT2D eigenvalue weighted by Crippen LogP contribution is 2.47. The molecule has 2 saturated carbocycles. The van der Waals surface area contributed by atoms with Crippen molar-refractivity contribution in [2.45, 2.75) is 37.1 Å². The van der Waals surface area contributed by atoms with Crippen LogP contribution in [0.2, 0.25) is 0 Å². The summed E-state index contributed by atoms with van der Waals surface area (Å²) >= 11 is 0. The Morgan fingerprint density at radius 1 is 1.25 bits per heavy atom. The molecule has 0 unspecified atom stereocenters. The van der Waals surface area contributed by atoms with Crippen LogP contribution in [-0.4, -0.2) is 74.0 Å². The number of halogens is 1. The molecule has 6 nitrogen and oxygen atoms in total. The van der Waals surface area contributed by atoms with E-state index in [2.05, 4.69) is 25.4 Å². The molecular formula is C21H30FN5O.